The molecule has 0 spiro atoms. The van der Waals surface area contributed by atoms with Crippen LogP contribution in [0.5, 0.6) is 0 Å². The van der Waals surface area contributed by atoms with Crippen molar-refractivity contribution >= 4 is 12.4 Å². The maximum absolute atomic E-state index is 5.80. The summed E-state index contributed by atoms with van der Waals surface area (Å²) in [5.41, 5.74) is 9.46. The van der Waals surface area contributed by atoms with Gasteiger partial charge in [-0.3, -0.25) is 0 Å². The second-order valence-electron chi connectivity index (χ2n) is 3.78. The maximum atomic E-state index is 5.80. The van der Waals surface area contributed by atoms with E-state index >= 15 is 0 Å². The molecule has 2 rings (SSSR count). The molecule has 1 unspecified atom stereocenters. The third kappa shape index (κ3) is 2.84. The molecule has 2 aromatic carbocycles. The summed E-state index contributed by atoms with van der Waals surface area (Å²) in [5.74, 6) is 0. The van der Waals surface area contributed by atoms with Crippen LogP contribution in [0, 0.1) is 0 Å². The first-order valence-corrected chi connectivity index (χ1v) is 5.18. The minimum atomic E-state index is 0. The fourth-order valence-corrected chi connectivity index (χ4v) is 1.61. The van der Waals surface area contributed by atoms with Crippen molar-refractivity contribution in [2.24, 2.45) is 5.73 Å². The Morgan fingerprint density at radius 1 is 0.812 bits per heavy atom. The highest BCUT2D eigenvalue weighted by atomic mass is 35.5. The Balaban J connectivity index is 0.00000128. The highest BCUT2D eigenvalue weighted by molar-refractivity contribution is 5.85. The van der Waals surface area contributed by atoms with E-state index in [0.29, 0.717) is 0 Å². The Kier molecular flexibility index (Phi) is 4.53. The second-order valence-corrected chi connectivity index (χ2v) is 3.78. The molecule has 1 nitrogen and oxygen atoms in total. The first-order chi connectivity index (χ1) is 7.27. The molecule has 16 heavy (non-hydrogen) atoms. The van der Waals surface area contributed by atoms with Crippen molar-refractivity contribution in [1.29, 1.82) is 0 Å². The van der Waals surface area contributed by atoms with E-state index in [1.54, 1.807) is 0 Å². The van der Waals surface area contributed by atoms with Gasteiger partial charge in [-0.05, 0) is 23.6 Å². The molecule has 0 heterocycles. The van der Waals surface area contributed by atoms with Crippen molar-refractivity contribution in [3.63, 3.8) is 0 Å². The van der Waals surface area contributed by atoms with Crippen LogP contribution < -0.4 is 5.73 Å². The Bertz CT molecular complexity index is 420. The molecule has 0 aliphatic rings. The summed E-state index contributed by atoms with van der Waals surface area (Å²) >= 11 is 0. The summed E-state index contributed by atoms with van der Waals surface area (Å²) in [4.78, 5) is 0. The highest BCUT2D eigenvalue weighted by Gasteiger charge is 1.99. The number of nitrogens with two attached hydrogens (primary N) is 1. The molecule has 0 aliphatic carbocycles. The Labute approximate surface area is 103 Å². The summed E-state index contributed by atoms with van der Waals surface area (Å²) in [6.45, 7) is 2.00. The lowest BCUT2D eigenvalue weighted by Gasteiger charge is -2.06. The van der Waals surface area contributed by atoms with Gasteiger partial charge < -0.3 is 5.73 Å². The third-order valence-corrected chi connectivity index (χ3v) is 2.54. The zero-order valence-electron chi connectivity index (χ0n) is 9.26. The van der Waals surface area contributed by atoms with E-state index in [9.17, 15) is 0 Å². The van der Waals surface area contributed by atoms with Crippen LogP contribution >= 0.6 is 12.4 Å². The van der Waals surface area contributed by atoms with Gasteiger partial charge in [0.15, 0.2) is 0 Å². The van der Waals surface area contributed by atoms with Gasteiger partial charge in [-0.2, -0.15) is 0 Å². The molecule has 2 aromatic rings. The van der Waals surface area contributed by atoms with E-state index in [1.807, 2.05) is 13.0 Å². The number of hydrogen-bond acceptors (Lipinski definition) is 1. The van der Waals surface area contributed by atoms with Gasteiger partial charge in [-0.1, -0.05) is 54.6 Å². The second kappa shape index (κ2) is 5.69. The van der Waals surface area contributed by atoms with Crippen LogP contribution in [0.4, 0.5) is 0 Å². The lowest BCUT2D eigenvalue weighted by Crippen LogP contribution is -2.04. The van der Waals surface area contributed by atoms with Crippen LogP contribution in [0.2, 0.25) is 0 Å². The molecule has 0 radical (unpaired) electrons. The van der Waals surface area contributed by atoms with Gasteiger partial charge in [0.05, 0.1) is 0 Å². The molecule has 0 aliphatic heterocycles. The molecule has 0 saturated heterocycles. The van der Waals surface area contributed by atoms with Gasteiger partial charge in [-0.15, -0.1) is 12.4 Å². The fourth-order valence-electron chi connectivity index (χ4n) is 1.61. The van der Waals surface area contributed by atoms with E-state index in [0.717, 1.165) is 0 Å². The van der Waals surface area contributed by atoms with E-state index in [-0.39, 0.29) is 18.4 Å². The average Bonchev–Trinajstić information content (AvgIpc) is 2.30. The van der Waals surface area contributed by atoms with Crippen LogP contribution in [0.1, 0.15) is 18.5 Å². The van der Waals surface area contributed by atoms with Crippen LogP contribution in [0.25, 0.3) is 11.1 Å². The minimum absolute atomic E-state index is 0. The van der Waals surface area contributed by atoms with Crippen molar-refractivity contribution in [1.82, 2.24) is 0 Å². The van der Waals surface area contributed by atoms with Crippen molar-refractivity contribution < 1.29 is 0 Å². The van der Waals surface area contributed by atoms with Gasteiger partial charge in [0, 0.05) is 6.04 Å². The molecule has 2 heteroatoms. The average molecular weight is 234 g/mol. The molecule has 84 valence electrons. The van der Waals surface area contributed by atoms with Gasteiger partial charge in [0.2, 0.25) is 0 Å². The maximum Gasteiger partial charge on any atom is 0.0266 e. The summed E-state index contributed by atoms with van der Waals surface area (Å²) < 4.78 is 0. The lowest BCUT2D eigenvalue weighted by molar-refractivity contribution is 0.818. The smallest absolute Gasteiger partial charge is 0.0266 e. The molecular weight excluding hydrogens is 218 g/mol. The minimum Gasteiger partial charge on any atom is -0.324 e. The molecule has 0 bridgehead atoms. The van der Waals surface area contributed by atoms with E-state index in [1.165, 1.54) is 16.7 Å². The SMILES string of the molecule is CC(N)c1ccc(-c2ccccc2)cc1.Cl. The van der Waals surface area contributed by atoms with Gasteiger partial charge >= 0.3 is 0 Å². The Morgan fingerprint density at radius 2 is 1.31 bits per heavy atom. The number of rotatable bonds is 2. The molecule has 0 amide bonds. The van der Waals surface area contributed by atoms with Crippen molar-refractivity contribution in [2.45, 2.75) is 13.0 Å². The van der Waals surface area contributed by atoms with Gasteiger partial charge in [0.1, 0.15) is 0 Å². The van der Waals surface area contributed by atoms with Gasteiger partial charge in [0.25, 0.3) is 0 Å². The van der Waals surface area contributed by atoms with Crippen LogP contribution in [-0.2, 0) is 0 Å². The topological polar surface area (TPSA) is 26.0 Å². The Hall–Kier alpha value is -1.31. The van der Waals surface area contributed by atoms with E-state index < -0.39 is 0 Å². The van der Waals surface area contributed by atoms with Crippen molar-refractivity contribution in [3.05, 3.63) is 60.2 Å². The third-order valence-electron chi connectivity index (χ3n) is 2.54. The van der Waals surface area contributed by atoms with Crippen molar-refractivity contribution in [3.8, 4) is 11.1 Å². The zero-order chi connectivity index (χ0) is 10.7. The first kappa shape index (κ1) is 12.8. The standard InChI is InChI=1S/C14H15N.ClH/c1-11(15)12-7-9-14(10-8-12)13-5-3-2-4-6-13;/h2-11H,15H2,1H3;1H. The van der Waals surface area contributed by atoms with Crippen LogP contribution in [-0.4, -0.2) is 0 Å². The van der Waals surface area contributed by atoms with Crippen molar-refractivity contribution in [2.75, 3.05) is 0 Å². The predicted molar refractivity (Wildman–Crippen MR) is 71.7 cm³/mol. The highest BCUT2D eigenvalue weighted by Crippen LogP contribution is 2.20. The number of benzene rings is 2. The molecule has 0 fully saturated rings. The quantitative estimate of drug-likeness (QED) is 0.839. The summed E-state index contributed by atoms with van der Waals surface area (Å²) in [7, 11) is 0. The van der Waals surface area contributed by atoms with E-state index in [2.05, 4.69) is 48.5 Å². The normalized spacial score (nSPS) is 11.6. The Morgan fingerprint density at radius 3 is 1.81 bits per heavy atom. The van der Waals surface area contributed by atoms with Gasteiger partial charge in [-0.25, -0.2) is 0 Å². The van der Waals surface area contributed by atoms with Crippen LogP contribution in [0.15, 0.2) is 54.6 Å². The summed E-state index contributed by atoms with van der Waals surface area (Å²) in [6.07, 6.45) is 0. The molecule has 2 N–H and O–H groups in total. The summed E-state index contributed by atoms with van der Waals surface area (Å²) in [6, 6.07) is 18.9. The molecule has 1 atom stereocenters. The molecule has 0 saturated carbocycles. The number of halogens is 1. The molecular formula is C14H16ClN. The largest absolute Gasteiger partial charge is 0.324 e. The van der Waals surface area contributed by atoms with E-state index in [4.69, 9.17) is 5.73 Å². The number of hydrogen-bond donors (Lipinski definition) is 1. The lowest BCUT2D eigenvalue weighted by atomic mass is 10.0. The fraction of sp³-hybridized carbons (Fsp3) is 0.143. The predicted octanol–water partition coefficient (Wildman–Crippen LogP) is 3.80. The summed E-state index contributed by atoms with van der Waals surface area (Å²) in [5, 5.41) is 0. The monoisotopic (exact) mass is 233 g/mol. The zero-order valence-corrected chi connectivity index (χ0v) is 10.1. The molecule has 0 aromatic heterocycles. The van der Waals surface area contributed by atoms with Crippen LogP contribution in [0.3, 0.4) is 0 Å². The first-order valence-electron chi connectivity index (χ1n) is 5.18.